The Bertz CT molecular complexity index is 551. The summed E-state index contributed by atoms with van der Waals surface area (Å²) in [4.78, 5) is 16.1. The van der Waals surface area contributed by atoms with Crippen LogP contribution in [0.2, 0.25) is 0 Å². The van der Waals surface area contributed by atoms with Crippen molar-refractivity contribution in [1.82, 2.24) is 9.55 Å². The fourth-order valence-electron chi connectivity index (χ4n) is 2.34. The van der Waals surface area contributed by atoms with Crippen LogP contribution in [0.5, 0.6) is 5.88 Å². The Kier molecular flexibility index (Phi) is 4.65. The van der Waals surface area contributed by atoms with Crippen LogP contribution in [-0.2, 0) is 9.47 Å². The van der Waals surface area contributed by atoms with Gasteiger partial charge in [0.2, 0.25) is 5.88 Å². The summed E-state index contributed by atoms with van der Waals surface area (Å²) in [5.41, 5.74) is 0.317. The highest BCUT2D eigenvalue weighted by molar-refractivity contribution is 5.21. The third-order valence-electron chi connectivity index (χ3n) is 3.48. The Balaban J connectivity index is 2.26. The predicted octanol–water partition coefficient (Wildman–Crippen LogP) is 0.983. The molecule has 0 spiro atoms. The van der Waals surface area contributed by atoms with Gasteiger partial charge in [-0.1, -0.05) is 0 Å². The highest BCUT2D eigenvalue weighted by Crippen LogP contribution is 2.36. The number of hydrogen-bond donors (Lipinski definition) is 1. The number of nitrogens with zero attached hydrogens (tertiary/aromatic N) is 2. The van der Waals surface area contributed by atoms with Crippen LogP contribution in [0.3, 0.4) is 0 Å². The second-order valence-corrected chi connectivity index (χ2v) is 5.47. The van der Waals surface area contributed by atoms with Crippen molar-refractivity contribution < 1.29 is 19.3 Å². The first-order chi connectivity index (χ1) is 9.90. The lowest BCUT2D eigenvalue weighted by Gasteiger charge is -2.25. The van der Waals surface area contributed by atoms with E-state index in [0.717, 1.165) is 5.56 Å². The smallest absolute Gasteiger partial charge is 0.352 e. The summed E-state index contributed by atoms with van der Waals surface area (Å²) in [6.45, 7) is 5.32. The Morgan fingerprint density at radius 1 is 1.62 bits per heavy atom. The molecule has 7 nitrogen and oxygen atoms in total. The van der Waals surface area contributed by atoms with E-state index < -0.39 is 17.7 Å². The van der Waals surface area contributed by atoms with Crippen LogP contribution in [0.25, 0.3) is 0 Å². The molecule has 0 unspecified atom stereocenters. The summed E-state index contributed by atoms with van der Waals surface area (Å²) in [5.74, 6) is -0.699. The van der Waals surface area contributed by atoms with Crippen LogP contribution in [0.15, 0.2) is 11.0 Å². The van der Waals surface area contributed by atoms with Crippen LogP contribution in [-0.4, -0.2) is 40.3 Å². The fourth-order valence-corrected chi connectivity index (χ4v) is 2.34. The molecular weight excluding hydrogens is 276 g/mol. The number of ether oxygens (including phenoxy) is 3. The summed E-state index contributed by atoms with van der Waals surface area (Å²) in [6, 6.07) is 0. The maximum absolute atomic E-state index is 12.1. The molecule has 0 aliphatic carbocycles. The molecule has 1 aliphatic heterocycles. The molecule has 2 heterocycles. The maximum atomic E-state index is 12.1. The maximum Gasteiger partial charge on any atom is 0.352 e. The minimum absolute atomic E-state index is 0.0512. The third-order valence-corrected chi connectivity index (χ3v) is 3.48. The molecule has 7 heteroatoms. The molecule has 21 heavy (non-hydrogen) atoms. The molecule has 1 aromatic heterocycles. The molecule has 1 N–H and O–H groups in total. The number of aliphatic hydroxyl groups is 1. The zero-order chi connectivity index (χ0) is 15.6. The molecule has 0 radical (unpaired) electrons. The zero-order valence-corrected chi connectivity index (χ0v) is 12.8. The van der Waals surface area contributed by atoms with Crippen LogP contribution in [0.1, 0.15) is 38.5 Å². The zero-order valence-electron chi connectivity index (χ0n) is 12.8. The fraction of sp³-hybridized carbons (Fsp3) is 0.714. The van der Waals surface area contributed by atoms with E-state index in [1.807, 2.05) is 20.8 Å². The van der Waals surface area contributed by atoms with Crippen molar-refractivity contribution in [3.05, 3.63) is 22.2 Å². The topological polar surface area (TPSA) is 82.8 Å². The molecule has 0 saturated carbocycles. The van der Waals surface area contributed by atoms with Crippen molar-refractivity contribution in [2.75, 3.05) is 13.7 Å². The van der Waals surface area contributed by atoms with Gasteiger partial charge in [0, 0.05) is 25.3 Å². The second-order valence-electron chi connectivity index (χ2n) is 5.47. The quantitative estimate of drug-likeness (QED) is 0.872. The summed E-state index contributed by atoms with van der Waals surface area (Å²) in [7, 11) is 1.48. The van der Waals surface area contributed by atoms with Gasteiger partial charge < -0.3 is 19.3 Å². The third kappa shape index (κ3) is 3.25. The SMILES string of the molecule is CO[C@]1(CO)CC[C@@H](n2cc(C)c(OC(C)C)nc2=O)O1. The van der Waals surface area contributed by atoms with Gasteiger partial charge in [-0.15, -0.1) is 0 Å². The largest absolute Gasteiger partial charge is 0.475 e. The number of hydrogen-bond acceptors (Lipinski definition) is 6. The van der Waals surface area contributed by atoms with E-state index in [0.29, 0.717) is 18.7 Å². The summed E-state index contributed by atoms with van der Waals surface area (Å²) >= 11 is 0. The Labute approximate surface area is 123 Å². The minimum Gasteiger partial charge on any atom is -0.475 e. The molecular formula is C14H22N2O5. The second kappa shape index (κ2) is 6.13. The molecule has 1 fully saturated rings. The van der Waals surface area contributed by atoms with Gasteiger partial charge in [-0.05, 0) is 27.2 Å². The Morgan fingerprint density at radius 2 is 2.33 bits per heavy atom. The normalized spacial score (nSPS) is 25.5. The number of methoxy groups -OCH3 is 1. The van der Waals surface area contributed by atoms with E-state index in [4.69, 9.17) is 14.2 Å². The van der Waals surface area contributed by atoms with Gasteiger partial charge in [0.15, 0.2) is 5.79 Å². The van der Waals surface area contributed by atoms with Gasteiger partial charge in [0.25, 0.3) is 0 Å². The number of aryl methyl sites for hydroxylation is 1. The van der Waals surface area contributed by atoms with Gasteiger partial charge in [-0.2, -0.15) is 4.98 Å². The first-order valence-corrected chi connectivity index (χ1v) is 7.01. The van der Waals surface area contributed by atoms with Gasteiger partial charge in [0.1, 0.15) is 6.23 Å². The van der Waals surface area contributed by atoms with Crippen molar-refractivity contribution in [2.24, 2.45) is 0 Å². The van der Waals surface area contributed by atoms with E-state index in [2.05, 4.69) is 4.98 Å². The lowest BCUT2D eigenvalue weighted by atomic mass is 10.2. The highest BCUT2D eigenvalue weighted by atomic mass is 16.7. The predicted molar refractivity (Wildman–Crippen MR) is 75.2 cm³/mol. The molecule has 0 amide bonds. The van der Waals surface area contributed by atoms with Crippen LogP contribution >= 0.6 is 0 Å². The van der Waals surface area contributed by atoms with E-state index >= 15 is 0 Å². The van der Waals surface area contributed by atoms with Crippen molar-refractivity contribution in [3.8, 4) is 5.88 Å². The van der Waals surface area contributed by atoms with Crippen molar-refractivity contribution >= 4 is 0 Å². The van der Waals surface area contributed by atoms with E-state index in [-0.39, 0.29) is 12.7 Å². The molecule has 0 bridgehead atoms. The van der Waals surface area contributed by atoms with Gasteiger partial charge in [0.05, 0.1) is 12.7 Å². The van der Waals surface area contributed by atoms with Gasteiger partial charge >= 0.3 is 5.69 Å². The number of aromatic nitrogens is 2. The summed E-state index contributed by atoms with van der Waals surface area (Å²) in [6.07, 6.45) is 2.20. The van der Waals surface area contributed by atoms with E-state index in [9.17, 15) is 9.90 Å². The lowest BCUT2D eigenvalue weighted by molar-refractivity contribution is -0.242. The van der Waals surface area contributed by atoms with Crippen LogP contribution < -0.4 is 10.4 Å². The number of rotatable bonds is 5. The molecule has 1 saturated heterocycles. The summed E-state index contributed by atoms with van der Waals surface area (Å²) < 4.78 is 17.8. The average molecular weight is 298 g/mol. The van der Waals surface area contributed by atoms with Gasteiger partial charge in [-0.3, -0.25) is 4.57 Å². The van der Waals surface area contributed by atoms with E-state index in [1.165, 1.54) is 11.7 Å². The monoisotopic (exact) mass is 298 g/mol. The van der Waals surface area contributed by atoms with Gasteiger partial charge in [-0.25, -0.2) is 4.79 Å². The van der Waals surface area contributed by atoms with E-state index in [1.54, 1.807) is 6.20 Å². The first-order valence-electron chi connectivity index (χ1n) is 7.01. The Hall–Kier alpha value is -1.44. The van der Waals surface area contributed by atoms with Crippen molar-refractivity contribution in [3.63, 3.8) is 0 Å². The first kappa shape index (κ1) is 15.9. The average Bonchev–Trinajstić information content (AvgIpc) is 2.87. The molecule has 2 rings (SSSR count). The highest BCUT2D eigenvalue weighted by Gasteiger charge is 2.41. The number of aliphatic hydroxyl groups excluding tert-OH is 1. The minimum atomic E-state index is -1.04. The molecule has 1 aliphatic rings. The van der Waals surface area contributed by atoms with Crippen LogP contribution in [0.4, 0.5) is 0 Å². The molecule has 0 aromatic carbocycles. The molecule has 1 aromatic rings. The van der Waals surface area contributed by atoms with Crippen LogP contribution in [0, 0.1) is 6.92 Å². The van der Waals surface area contributed by atoms with Crippen molar-refractivity contribution in [2.45, 2.75) is 51.7 Å². The summed E-state index contributed by atoms with van der Waals surface area (Å²) in [5, 5.41) is 9.38. The molecule has 2 atom stereocenters. The van der Waals surface area contributed by atoms with Crippen molar-refractivity contribution in [1.29, 1.82) is 0 Å². The molecule has 118 valence electrons. The lowest BCUT2D eigenvalue weighted by Crippen LogP contribution is -2.36. The standard InChI is InChI=1S/C14H22N2O5/c1-9(2)20-12-10(3)7-16(13(18)15-12)11-5-6-14(8-17,19-4)21-11/h7,9,11,17H,5-6,8H2,1-4H3/t11-,14+/m0/s1. The Morgan fingerprint density at radius 3 is 2.86 bits per heavy atom.